The van der Waals surface area contributed by atoms with E-state index in [1.54, 1.807) is 7.11 Å². The summed E-state index contributed by atoms with van der Waals surface area (Å²) < 4.78 is 11.0. The number of methoxy groups -OCH3 is 1. The van der Waals surface area contributed by atoms with Crippen molar-refractivity contribution < 1.29 is 14.3 Å². The van der Waals surface area contributed by atoms with E-state index in [4.69, 9.17) is 9.47 Å². The second-order valence-corrected chi connectivity index (χ2v) is 8.93. The Kier molecular flexibility index (Phi) is 8.02. The highest BCUT2D eigenvalue weighted by Crippen LogP contribution is 2.21. The highest BCUT2D eigenvalue weighted by atomic mass is 16.5. The van der Waals surface area contributed by atoms with Gasteiger partial charge >= 0.3 is 6.03 Å². The van der Waals surface area contributed by atoms with Gasteiger partial charge in [0.2, 0.25) is 0 Å². The van der Waals surface area contributed by atoms with Gasteiger partial charge in [-0.2, -0.15) is 0 Å². The monoisotopic (exact) mass is 437 g/mol. The van der Waals surface area contributed by atoms with Crippen LogP contribution in [0.15, 0.2) is 48.5 Å². The van der Waals surface area contributed by atoms with Gasteiger partial charge in [0.1, 0.15) is 5.75 Å². The van der Waals surface area contributed by atoms with Crippen LogP contribution in [-0.4, -0.2) is 55.7 Å². The van der Waals surface area contributed by atoms with Crippen LogP contribution in [0.4, 0.5) is 10.5 Å². The van der Waals surface area contributed by atoms with E-state index in [0.717, 1.165) is 48.6 Å². The van der Waals surface area contributed by atoms with Gasteiger partial charge in [0.15, 0.2) is 0 Å². The van der Waals surface area contributed by atoms with E-state index in [1.807, 2.05) is 53.4 Å². The lowest BCUT2D eigenvalue weighted by molar-refractivity contribution is 0.107. The van der Waals surface area contributed by atoms with Crippen LogP contribution in [0.25, 0.3) is 0 Å². The molecule has 2 aromatic carbocycles. The van der Waals surface area contributed by atoms with Crippen molar-refractivity contribution in [2.45, 2.75) is 38.9 Å². The highest BCUT2D eigenvalue weighted by molar-refractivity contribution is 5.89. The first kappa shape index (κ1) is 22.6. The average Bonchev–Trinajstić information content (AvgIpc) is 3.29. The summed E-state index contributed by atoms with van der Waals surface area (Å²) in [5.74, 6) is 1.43. The number of rotatable bonds is 8. The standard InChI is InChI=1S/C26H35N3O3/c1-31-25-10-8-21(9-11-25)19-32-20-22-6-5-7-24(16-22)27-26(30)29-15-12-23(18-29)17-28-13-3-2-4-14-28/h5-11,16,23H,2-4,12-15,17-20H2,1H3,(H,27,30)/t23-/m0/s1. The van der Waals surface area contributed by atoms with Crippen molar-refractivity contribution in [3.63, 3.8) is 0 Å². The van der Waals surface area contributed by atoms with Crippen LogP contribution in [0, 0.1) is 5.92 Å². The zero-order chi connectivity index (χ0) is 22.2. The molecule has 2 saturated heterocycles. The molecule has 1 atom stereocenters. The molecule has 0 aliphatic carbocycles. The van der Waals surface area contributed by atoms with E-state index in [9.17, 15) is 4.79 Å². The summed E-state index contributed by atoms with van der Waals surface area (Å²) in [4.78, 5) is 17.3. The van der Waals surface area contributed by atoms with Crippen molar-refractivity contribution in [1.82, 2.24) is 9.80 Å². The Morgan fingerprint density at radius 2 is 1.78 bits per heavy atom. The molecule has 2 amide bonds. The van der Waals surface area contributed by atoms with Crippen LogP contribution >= 0.6 is 0 Å². The van der Waals surface area contributed by atoms with E-state index in [0.29, 0.717) is 19.1 Å². The molecule has 2 aromatic rings. The third-order valence-electron chi connectivity index (χ3n) is 6.41. The highest BCUT2D eigenvalue weighted by Gasteiger charge is 2.28. The van der Waals surface area contributed by atoms with Crippen molar-refractivity contribution in [2.24, 2.45) is 5.92 Å². The smallest absolute Gasteiger partial charge is 0.321 e. The van der Waals surface area contributed by atoms with Crippen LogP contribution in [-0.2, 0) is 18.0 Å². The van der Waals surface area contributed by atoms with Crippen molar-refractivity contribution in [2.75, 3.05) is 45.2 Å². The summed E-state index contributed by atoms with van der Waals surface area (Å²) in [6.45, 7) is 6.29. The Hall–Kier alpha value is -2.57. The number of anilines is 1. The molecule has 172 valence electrons. The molecule has 0 bridgehead atoms. The maximum atomic E-state index is 12.8. The van der Waals surface area contributed by atoms with Gasteiger partial charge < -0.3 is 24.6 Å². The Balaban J connectivity index is 1.22. The van der Waals surface area contributed by atoms with Crippen LogP contribution in [0.3, 0.4) is 0 Å². The first-order chi connectivity index (χ1) is 15.7. The molecular formula is C26H35N3O3. The molecule has 0 saturated carbocycles. The van der Waals surface area contributed by atoms with Gasteiger partial charge in [-0.05, 0) is 73.7 Å². The summed E-state index contributed by atoms with van der Waals surface area (Å²) in [6, 6.07) is 15.8. The largest absolute Gasteiger partial charge is 0.497 e. The summed E-state index contributed by atoms with van der Waals surface area (Å²) in [7, 11) is 1.66. The van der Waals surface area contributed by atoms with Crippen molar-refractivity contribution >= 4 is 11.7 Å². The number of nitrogens with one attached hydrogen (secondary N) is 1. The fourth-order valence-electron chi connectivity index (χ4n) is 4.62. The van der Waals surface area contributed by atoms with Crippen molar-refractivity contribution in [3.05, 3.63) is 59.7 Å². The quantitative estimate of drug-likeness (QED) is 0.647. The fraction of sp³-hybridized carbons (Fsp3) is 0.500. The minimum absolute atomic E-state index is 0.00226. The second kappa shape index (κ2) is 11.3. The first-order valence-electron chi connectivity index (χ1n) is 11.8. The van der Waals surface area contributed by atoms with Crippen LogP contribution < -0.4 is 10.1 Å². The van der Waals surface area contributed by atoms with Gasteiger partial charge in [-0.15, -0.1) is 0 Å². The Morgan fingerprint density at radius 3 is 2.56 bits per heavy atom. The number of nitrogens with zero attached hydrogens (tertiary/aromatic N) is 2. The molecule has 0 unspecified atom stereocenters. The SMILES string of the molecule is COc1ccc(COCc2cccc(NC(=O)N3CC[C@@H](CN4CCCCC4)C3)c2)cc1. The van der Waals surface area contributed by atoms with Crippen molar-refractivity contribution in [1.29, 1.82) is 0 Å². The number of likely N-dealkylation sites (tertiary alicyclic amines) is 2. The van der Waals surface area contributed by atoms with Gasteiger partial charge in [-0.3, -0.25) is 0 Å². The lowest BCUT2D eigenvalue weighted by Crippen LogP contribution is -2.37. The minimum Gasteiger partial charge on any atom is -0.497 e. The lowest BCUT2D eigenvalue weighted by atomic mass is 10.1. The lowest BCUT2D eigenvalue weighted by Gasteiger charge is -2.29. The molecule has 32 heavy (non-hydrogen) atoms. The molecule has 6 nitrogen and oxygen atoms in total. The number of piperidine rings is 1. The van der Waals surface area contributed by atoms with E-state index >= 15 is 0 Å². The Bertz CT molecular complexity index is 865. The second-order valence-electron chi connectivity index (χ2n) is 8.93. The number of benzene rings is 2. The van der Waals surface area contributed by atoms with E-state index in [1.165, 1.54) is 32.4 Å². The predicted octanol–water partition coefficient (Wildman–Crippen LogP) is 4.75. The molecular weight excluding hydrogens is 402 g/mol. The molecule has 4 rings (SSSR count). The van der Waals surface area contributed by atoms with E-state index in [-0.39, 0.29) is 6.03 Å². The topological polar surface area (TPSA) is 54.0 Å². The zero-order valence-electron chi connectivity index (χ0n) is 19.1. The van der Waals surface area contributed by atoms with E-state index in [2.05, 4.69) is 10.2 Å². The zero-order valence-corrected chi connectivity index (χ0v) is 19.1. The molecule has 0 radical (unpaired) electrons. The minimum atomic E-state index is 0.00226. The van der Waals surface area contributed by atoms with Gasteiger partial charge in [0, 0.05) is 25.3 Å². The average molecular weight is 438 g/mol. The predicted molar refractivity (Wildman–Crippen MR) is 127 cm³/mol. The maximum absolute atomic E-state index is 12.8. The molecule has 0 spiro atoms. The number of amides is 2. The van der Waals surface area contributed by atoms with Crippen LogP contribution in [0.1, 0.15) is 36.8 Å². The molecule has 2 fully saturated rings. The molecule has 0 aromatic heterocycles. The van der Waals surface area contributed by atoms with Crippen molar-refractivity contribution in [3.8, 4) is 5.75 Å². The number of hydrogen-bond acceptors (Lipinski definition) is 4. The Labute approximate surface area is 191 Å². The summed E-state index contributed by atoms with van der Waals surface area (Å²) in [5, 5.41) is 3.07. The molecule has 2 aliphatic rings. The van der Waals surface area contributed by atoms with Crippen LogP contribution in [0.2, 0.25) is 0 Å². The maximum Gasteiger partial charge on any atom is 0.321 e. The molecule has 6 heteroatoms. The molecule has 1 N–H and O–H groups in total. The number of hydrogen-bond donors (Lipinski definition) is 1. The van der Waals surface area contributed by atoms with Gasteiger partial charge in [-0.1, -0.05) is 30.7 Å². The van der Waals surface area contributed by atoms with Gasteiger partial charge in [-0.25, -0.2) is 4.79 Å². The van der Waals surface area contributed by atoms with Crippen LogP contribution in [0.5, 0.6) is 5.75 Å². The third-order valence-corrected chi connectivity index (χ3v) is 6.41. The molecule has 2 aliphatic heterocycles. The van der Waals surface area contributed by atoms with Gasteiger partial charge in [0.25, 0.3) is 0 Å². The summed E-state index contributed by atoms with van der Waals surface area (Å²) in [6.07, 6.45) is 5.10. The van der Waals surface area contributed by atoms with E-state index < -0.39 is 0 Å². The fourth-order valence-corrected chi connectivity index (χ4v) is 4.62. The summed E-state index contributed by atoms with van der Waals surface area (Å²) >= 11 is 0. The number of urea groups is 1. The third kappa shape index (κ3) is 6.47. The number of ether oxygens (including phenoxy) is 2. The Morgan fingerprint density at radius 1 is 1.00 bits per heavy atom. The first-order valence-corrected chi connectivity index (χ1v) is 11.8. The normalized spacial score (nSPS) is 19.2. The summed E-state index contributed by atoms with van der Waals surface area (Å²) in [5.41, 5.74) is 2.96. The molecule has 2 heterocycles. The van der Waals surface area contributed by atoms with Gasteiger partial charge in [0.05, 0.1) is 20.3 Å². The number of carbonyl (C=O) groups is 1. The number of carbonyl (C=O) groups excluding carboxylic acids is 1.